The lowest BCUT2D eigenvalue weighted by Gasteiger charge is -2.34. The summed E-state index contributed by atoms with van der Waals surface area (Å²) in [4.78, 5) is 25.5. The Hall–Kier alpha value is -2.08. The molecular formula is C27H42N2O4. The quantitative estimate of drug-likeness (QED) is 0.564. The summed E-state index contributed by atoms with van der Waals surface area (Å²) < 4.78 is 10.3. The van der Waals surface area contributed by atoms with Crippen molar-refractivity contribution in [2.75, 3.05) is 20.2 Å². The van der Waals surface area contributed by atoms with Gasteiger partial charge in [0.15, 0.2) is 0 Å². The summed E-state index contributed by atoms with van der Waals surface area (Å²) in [6, 6.07) is 8.91. The molecular weight excluding hydrogens is 416 g/mol. The molecule has 0 radical (unpaired) electrons. The van der Waals surface area contributed by atoms with Crippen LogP contribution < -0.4 is 5.73 Å². The van der Waals surface area contributed by atoms with E-state index in [1.165, 1.54) is 18.2 Å². The molecule has 1 saturated heterocycles. The van der Waals surface area contributed by atoms with E-state index in [0.717, 1.165) is 58.0 Å². The van der Waals surface area contributed by atoms with Crippen molar-refractivity contribution in [3.8, 4) is 0 Å². The number of esters is 1. The molecule has 3 rings (SSSR count). The first-order valence-electron chi connectivity index (χ1n) is 12.6. The number of rotatable bonds is 6. The second kappa shape index (κ2) is 11.4. The molecule has 0 spiro atoms. The summed E-state index contributed by atoms with van der Waals surface area (Å²) in [5.41, 5.74) is 8.75. The lowest BCUT2D eigenvalue weighted by atomic mass is 9.75. The number of ether oxygens (including phenoxy) is 2. The van der Waals surface area contributed by atoms with Gasteiger partial charge in [0, 0.05) is 25.6 Å². The third-order valence-electron chi connectivity index (χ3n) is 7.32. The van der Waals surface area contributed by atoms with Crippen LogP contribution in [0.2, 0.25) is 0 Å². The molecule has 1 saturated carbocycles. The minimum atomic E-state index is -0.454. The summed E-state index contributed by atoms with van der Waals surface area (Å²) in [7, 11) is 1.45. The average molecular weight is 459 g/mol. The molecule has 0 aromatic heterocycles. The first-order chi connectivity index (χ1) is 15.7. The second-order valence-corrected chi connectivity index (χ2v) is 10.8. The Kier molecular flexibility index (Phi) is 8.80. The Labute approximate surface area is 199 Å². The molecule has 1 heterocycles. The van der Waals surface area contributed by atoms with Crippen molar-refractivity contribution in [2.45, 2.75) is 89.7 Å². The van der Waals surface area contributed by atoms with E-state index < -0.39 is 5.60 Å². The standard InChI is InChI=1S/C27H42N2O4/c1-27(2,3)33-26(31)29-17-15-21(16-18-29)20-10-12-23(13-11-20)25(28)22-8-5-19(6-9-22)7-14-24(30)32-4/h10-13,19,21-22,25H,5-9,14-18,28H2,1-4H3. The van der Waals surface area contributed by atoms with E-state index in [4.69, 9.17) is 15.2 Å². The van der Waals surface area contributed by atoms with Gasteiger partial charge in [-0.2, -0.15) is 0 Å². The molecule has 1 aliphatic carbocycles. The highest BCUT2D eigenvalue weighted by Gasteiger charge is 2.29. The smallest absolute Gasteiger partial charge is 0.410 e. The van der Waals surface area contributed by atoms with Gasteiger partial charge in [0.25, 0.3) is 0 Å². The van der Waals surface area contributed by atoms with Crippen LogP contribution in [0.25, 0.3) is 0 Å². The van der Waals surface area contributed by atoms with Crippen LogP contribution in [0.1, 0.15) is 95.2 Å². The zero-order valence-electron chi connectivity index (χ0n) is 20.8. The van der Waals surface area contributed by atoms with Gasteiger partial charge in [0.1, 0.15) is 5.60 Å². The van der Waals surface area contributed by atoms with Crippen LogP contribution in [0.5, 0.6) is 0 Å². The fourth-order valence-electron chi connectivity index (χ4n) is 5.24. The number of likely N-dealkylation sites (tertiary alicyclic amines) is 1. The van der Waals surface area contributed by atoms with E-state index in [-0.39, 0.29) is 18.1 Å². The van der Waals surface area contributed by atoms with Crippen molar-refractivity contribution in [1.82, 2.24) is 4.90 Å². The maximum Gasteiger partial charge on any atom is 0.410 e. The first-order valence-corrected chi connectivity index (χ1v) is 12.6. The van der Waals surface area contributed by atoms with Gasteiger partial charge in [-0.25, -0.2) is 4.79 Å². The van der Waals surface area contributed by atoms with Gasteiger partial charge >= 0.3 is 12.1 Å². The van der Waals surface area contributed by atoms with Gasteiger partial charge in [0.05, 0.1) is 7.11 Å². The van der Waals surface area contributed by atoms with Crippen molar-refractivity contribution in [2.24, 2.45) is 17.6 Å². The monoisotopic (exact) mass is 458 g/mol. The van der Waals surface area contributed by atoms with Gasteiger partial charge < -0.3 is 20.1 Å². The average Bonchev–Trinajstić information content (AvgIpc) is 2.81. The molecule has 184 valence electrons. The third kappa shape index (κ3) is 7.46. The Morgan fingerprint density at radius 3 is 2.18 bits per heavy atom. The molecule has 1 amide bonds. The number of hydrogen-bond donors (Lipinski definition) is 1. The van der Waals surface area contributed by atoms with Crippen LogP contribution in [-0.2, 0) is 14.3 Å². The van der Waals surface area contributed by atoms with Crippen LogP contribution in [0.4, 0.5) is 4.79 Å². The normalized spacial score (nSPS) is 23.1. The molecule has 1 aliphatic heterocycles. The molecule has 1 unspecified atom stereocenters. The van der Waals surface area contributed by atoms with E-state index in [0.29, 0.717) is 24.2 Å². The second-order valence-electron chi connectivity index (χ2n) is 10.8. The lowest BCUT2D eigenvalue weighted by Crippen LogP contribution is -2.41. The number of nitrogens with zero attached hydrogens (tertiary/aromatic N) is 1. The Bertz CT molecular complexity index is 770. The van der Waals surface area contributed by atoms with Crippen molar-refractivity contribution in [3.05, 3.63) is 35.4 Å². The zero-order valence-corrected chi connectivity index (χ0v) is 20.8. The maximum atomic E-state index is 12.3. The topological polar surface area (TPSA) is 81.9 Å². The molecule has 1 aromatic rings. The van der Waals surface area contributed by atoms with Gasteiger partial charge in [0.2, 0.25) is 0 Å². The van der Waals surface area contributed by atoms with E-state index in [1.807, 2.05) is 25.7 Å². The minimum absolute atomic E-state index is 0.0645. The number of carbonyl (C=O) groups is 2. The van der Waals surface area contributed by atoms with E-state index in [1.54, 1.807) is 0 Å². The van der Waals surface area contributed by atoms with Crippen LogP contribution in [0.3, 0.4) is 0 Å². The van der Waals surface area contributed by atoms with Gasteiger partial charge in [-0.15, -0.1) is 0 Å². The predicted molar refractivity (Wildman–Crippen MR) is 130 cm³/mol. The Morgan fingerprint density at radius 1 is 1.03 bits per heavy atom. The van der Waals surface area contributed by atoms with Crippen LogP contribution in [0, 0.1) is 11.8 Å². The summed E-state index contributed by atoms with van der Waals surface area (Å²) in [5, 5.41) is 0. The summed E-state index contributed by atoms with van der Waals surface area (Å²) in [6.45, 7) is 7.18. The number of methoxy groups -OCH3 is 1. The van der Waals surface area contributed by atoms with Crippen molar-refractivity contribution >= 4 is 12.1 Å². The summed E-state index contributed by atoms with van der Waals surface area (Å²) >= 11 is 0. The van der Waals surface area contributed by atoms with E-state index in [2.05, 4.69) is 24.3 Å². The first kappa shape index (κ1) is 25.5. The molecule has 2 aliphatic rings. The molecule has 1 aromatic carbocycles. The van der Waals surface area contributed by atoms with Gasteiger partial charge in [-0.05, 0) is 81.8 Å². The van der Waals surface area contributed by atoms with Crippen molar-refractivity contribution < 1.29 is 19.1 Å². The van der Waals surface area contributed by atoms with Crippen molar-refractivity contribution in [1.29, 1.82) is 0 Å². The highest BCUT2D eigenvalue weighted by Crippen LogP contribution is 2.38. The zero-order chi connectivity index (χ0) is 24.0. The molecule has 2 N–H and O–H groups in total. The Morgan fingerprint density at radius 2 is 1.64 bits per heavy atom. The number of amides is 1. The highest BCUT2D eigenvalue weighted by atomic mass is 16.6. The number of hydrogen-bond acceptors (Lipinski definition) is 5. The predicted octanol–water partition coefficient (Wildman–Crippen LogP) is 5.56. The van der Waals surface area contributed by atoms with E-state index in [9.17, 15) is 9.59 Å². The van der Waals surface area contributed by atoms with Gasteiger partial charge in [-0.3, -0.25) is 4.79 Å². The largest absolute Gasteiger partial charge is 0.469 e. The highest BCUT2D eigenvalue weighted by molar-refractivity contribution is 5.69. The van der Waals surface area contributed by atoms with Crippen LogP contribution >= 0.6 is 0 Å². The van der Waals surface area contributed by atoms with E-state index >= 15 is 0 Å². The molecule has 1 atom stereocenters. The van der Waals surface area contributed by atoms with Crippen LogP contribution in [-0.4, -0.2) is 42.8 Å². The number of carbonyl (C=O) groups excluding carboxylic acids is 2. The third-order valence-corrected chi connectivity index (χ3v) is 7.32. The lowest BCUT2D eigenvalue weighted by molar-refractivity contribution is -0.141. The molecule has 6 nitrogen and oxygen atoms in total. The maximum absolute atomic E-state index is 12.3. The number of nitrogens with two attached hydrogens (primary N) is 1. The molecule has 33 heavy (non-hydrogen) atoms. The summed E-state index contributed by atoms with van der Waals surface area (Å²) in [6.07, 6.45) is 7.69. The fraction of sp³-hybridized carbons (Fsp3) is 0.704. The summed E-state index contributed by atoms with van der Waals surface area (Å²) in [5.74, 6) is 1.48. The fourth-order valence-corrected chi connectivity index (χ4v) is 5.24. The molecule has 6 heteroatoms. The van der Waals surface area contributed by atoms with Gasteiger partial charge in [-0.1, -0.05) is 37.1 Å². The van der Waals surface area contributed by atoms with Crippen LogP contribution in [0.15, 0.2) is 24.3 Å². The van der Waals surface area contributed by atoms with Crippen molar-refractivity contribution in [3.63, 3.8) is 0 Å². The number of benzene rings is 1. The SMILES string of the molecule is COC(=O)CCC1CCC(C(N)c2ccc(C3CCN(C(=O)OC(C)(C)C)CC3)cc2)CC1. The Balaban J connectivity index is 1.46. The molecule has 2 fully saturated rings. The number of piperidine rings is 1. The minimum Gasteiger partial charge on any atom is -0.469 e. The molecule has 0 bridgehead atoms.